The molecule has 0 aromatic rings. The lowest BCUT2D eigenvalue weighted by molar-refractivity contribution is -0.0636. The van der Waals surface area contributed by atoms with Crippen molar-refractivity contribution < 1.29 is 10.2 Å². The van der Waals surface area contributed by atoms with E-state index in [2.05, 4.69) is 18.7 Å². The number of piperidine rings is 1. The Kier molecular flexibility index (Phi) is 5.49. The van der Waals surface area contributed by atoms with E-state index in [4.69, 9.17) is 0 Å². The van der Waals surface area contributed by atoms with Crippen molar-refractivity contribution in [1.82, 2.24) is 4.90 Å². The van der Waals surface area contributed by atoms with Crippen LogP contribution in [0.15, 0.2) is 0 Å². The maximum absolute atomic E-state index is 10.6. The van der Waals surface area contributed by atoms with Gasteiger partial charge in [-0.15, -0.1) is 0 Å². The summed E-state index contributed by atoms with van der Waals surface area (Å²) >= 11 is 0. The fourth-order valence-corrected chi connectivity index (χ4v) is 3.88. The van der Waals surface area contributed by atoms with E-state index in [-0.39, 0.29) is 12.0 Å². The SMILES string of the molecule is CC(C)C(C)(O)CN1CCCCC1C1CCCCC1O. The lowest BCUT2D eigenvalue weighted by Crippen LogP contribution is -2.54. The van der Waals surface area contributed by atoms with Crippen LogP contribution in [0.3, 0.4) is 0 Å². The number of likely N-dealkylation sites (tertiary alicyclic amines) is 1. The van der Waals surface area contributed by atoms with Crippen molar-refractivity contribution in [1.29, 1.82) is 0 Å². The molecular weight excluding hydrogens is 250 g/mol. The van der Waals surface area contributed by atoms with Gasteiger partial charge in [0.15, 0.2) is 0 Å². The number of aliphatic hydroxyl groups excluding tert-OH is 1. The van der Waals surface area contributed by atoms with Gasteiger partial charge in [0.05, 0.1) is 11.7 Å². The Morgan fingerprint density at radius 1 is 1.10 bits per heavy atom. The molecule has 2 fully saturated rings. The number of hydrogen-bond acceptors (Lipinski definition) is 3. The third kappa shape index (κ3) is 3.75. The van der Waals surface area contributed by atoms with E-state index in [1.165, 1.54) is 32.1 Å². The molecule has 1 saturated heterocycles. The van der Waals surface area contributed by atoms with Crippen LogP contribution < -0.4 is 0 Å². The third-order valence-electron chi connectivity index (χ3n) is 5.71. The van der Waals surface area contributed by atoms with Crippen LogP contribution in [0, 0.1) is 11.8 Å². The van der Waals surface area contributed by atoms with Crippen LogP contribution in [0.5, 0.6) is 0 Å². The van der Waals surface area contributed by atoms with Crippen molar-refractivity contribution in [2.45, 2.75) is 83.5 Å². The second kappa shape index (κ2) is 6.76. The molecule has 2 N–H and O–H groups in total. The number of β-amino-alcohol motifs (C(OH)–C–C–N with tert-alkyl or cyclic N) is 1. The van der Waals surface area contributed by atoms with Gasteiger partial charge in [0.2, 0.25) is 0 Å². The second-order valence-electron chi connectivity index (χ2n) is 7.56. The molecule has 0 aromatic heterocycles. The molecular formula is C17H33NO2. The summed E-state index contributed by atoms with van der Waals surface area (Å²) in [5.74, 6) is 0.688. The molecule has 0 radical (unpaired) electrons. The first kappa shape index (κ1) is 16.3. The molecule has 0 spiro atoms. The van der Waals surface area contributed by atoms with Crippen LogP contribution in [0.2, 0.25) is 0 Å². The van der Waals surface area contributed by atoms with Crippen molar-refractivity contribution in [2.75, 3.05) is 13.1 Å². The van der Waals surface area contributed by atoms with Crippen LogP contribution in [-0.4, -0.2) is 45.9 Å². The Balaban J connectivity index is 2.04. The third-order valence-corrected chi connectivity index (χ3v) is 5.71. The highest BCUT2D eigenvalue weighted by atomic mass is 16.3. The summed E-state index contributed by atoms with van der Waals surface area (Å²) in [7, 11) is 0. The van der Waals surface area contributed by atoms with Crippen LogP contribution in [0.4, 0.5) is 0 Å². The smallest absolute Gasteiger partial charge is 0.0768 e. The zero-order chi connectivity index (χ0) is 14.8. The maximum atomic E-state index is 10.6. The van der Waals surface area contributed by atoms with Gasteiger partial charge < -0.3 is 10.2 Å². The van der Waals surface area contributed by atoms with Gasteiger partial charge in [-0.2, -0.15) is 0 Å². The van der Waals surface area contributed by atoms with Crippen LogP contribution in [-0.2, 0) is 0 Å². The normalized spacial score (nSPS) is 36.0. The van der Waals surface area contributed by atoms with Gasteiger partial charge in [0, 0.05) is 18.5 Å². The van der Waals surface area contributed by atoms with E-state index in [1.807, 2.05) is 6.92 Å². The number of aliphatic hydroxyl groups is 2. The van der Waals surface area contributed by atoms with Crippen molar-refractivity contribution >= 4 is 0 Å². The van der Waals surface area contributed by atoms with Gasteiger partial charge in [-0.3, -0.25) is 4.90 Å². The number of nitrogens with zero attached hydrogens (tertiary/aromatic N) is 1. The predicted molar refractivity (Wildman–Crippen MR) is 82.6 cm³/mol. The monoisotopic (exact) mass is 283 g/mol. The Morgan fingerprint density at radius 3 is 2.40 bits per heavy atom. The van der Waals surface area contributed by atoms with Gasteiger partial charge in [-0.1, -0.05) is 33.1 Å². The van der Waals surface area contributed by atoms with Gasteiger partial charge >= 0.3 is 0 Å². The summed E-state index contributed by atoms with van der Waals surface area (Å²) in [5, 5.41) is 21.0. The van der Waals surface area contributed by atoms with Crippen molar-refractivity contribution in [3.05, 3.63) is 0 Å². The zero-order valence-electron chi connectivity index (χ0n) is 13.5. The Morgan fingerprint density at radius 2 is 1.75 bits per heavy atom. The summed E-state index contributed by atoms with van der Waals surface area (Å²) in [6.45, 7) is 7.97. The standard InChI is InChI=1S/C17H33NO2/c1-13(2)17(3,20)12-18-11-7-6-9-15(18)14-8-4-5-10-16(14)19/h13-16,19-20H,4-12H2,1-3H3. The van der Waals surface area contributed by atoms with E-state index in [0.29, 0.717) is 12.0 Å². The molecule has 118 valence electrons. The molecule has 2 rings (SSSR count). The van der Waals surface area contributed by atoms with Gasteiger partial charge in [0.25, 0.3) is 0 Å². The summed E-state index contributed by atoms with van der Waals surface area (Å²) in [6, 6.07) is 0.476. The number of rotatable bonds is 4. The van der Waals surface area contributed by atoms with E-state index in [9.17, 15) is 10.2 Å². The van der Waals surface area contributed by atoms with Crippen LogP contribution >= 0.6 is 0 Å². The Bertz CT molecular complexity index is 303. The average Bonchev–Trinajstić information content (AvgIpc) is 2.40. The molecule has 1 aliphatic carbocycles. The fraction of sp³-hybridized carbons (Fsp3) is 1.00. The summed E-state index contributed by atoms with van der Waals surface area (Å²) in [4.78, 5) is 2.47. The van der Waals surface area contributed by atoms with Crippen LogP contribution in [0.25, 0.3) is 0 Å². The largest absolute Gasteiger partial charge is 0.393 e. The topological polar surface area (TPSA) is 43.7 Å². The molecule has 1 saturated carbocycles. The molecule has 4 unspecified atom stereocenters. The van der Waals surface area contributed by atoms with Gasteiger partial charge in [-0.25, -0.2) is 0 Å². The van der Waals surface area contributed by atoms with E-state index < -0.39 is 5.60 Å². The minimum atomic E-state index is -0.630. The molecule has 3 nitrogen and oxygen atoms in total. The van der Waals surface area contributed by atoms with Gasteiger partial charge in [0.1, 0.15) is 0 Å². The van der Waals surface area contributed by atoms with Crippen molar-refractivity contribution in [2.24, 2.45) is 11.8 Å². The maximum Gasteiger partial charge on any atom is 0.0768 e. The molecule has 1 aliphatic heterocycles. The van der Waals surface area contributed by atoms with E-state index in [0.717, 1.165) is 25.9 Å². The zero-order valence-corrected chi connectivity index (χ0v) is 13.5. The molecule has 1 heterocycles. The minimum absolute atomic E-state index is 0.127. The molecule has 0 bridgehead atoms. The van der Waals surface area contributed by atoms with E-state index >= 15 is 0 Å². The van der Waals surface area contributed by atoms with Crippen molar-refractivity contribution in [3.63, 3.8) is 0 Å². The highest BCUT2D eigenvalue weighted by Crippen LogP contribution is 2.35. The quantitative estimate of drug-likeness (QED) is 0.834. The summed E-state index contributed by atoms with van der Waals surface area (Å²) in [5.41, 5.74) is -0.630. The molecule has 20 heavy (non-hydrogen) atoms. The summed E-state index contributed by atoms with van der Waals surface area (Å²) in [6.07, 6.45) is 8.12. The predicted octanol–water partition coefficient (Wildman–Crippen LogP) is 2.80. The lowest BCUT2D eigenvalue weighted by atomic mass is 9.77. The second-order valence-corrected chi connectivity index (χ2v) is 7.56. The molecule has 4 atom stereocenters. The van der Waals surface area contributed by atoms with Crippen molar-refractivity contribution in [3.8, 4) is 0 Å². The fourth-order valence-electron chi connectivity index (χ4n) is 3.88. The first-order valence-electron chi connectivity index (χ1n) is 8.56. The Labute approximate surface area is 124 Å². The summed E-state index contributed by atoms with van der Waals surface area (Å²) < 4.78 is 0. The average molecular weight is 283 g/mol. The van der Waals surface area contributed by atoms with E-state index in [1.54, 1.807) is 0 Å². The Hall–Kier alpha value is -0.120. The molecule has 3 heteroatoms. The first-order valence-corrected chi connectivity index (χ1v) is 8.56. The number of hydrogen-bond donors (Lipinski definition) is 2. The molecule has 0 amide bonds. The first-order chi connectivity index (χ1) is 9.42. The minimum Gasteiger partial charge on any atom is -0.393 e. The molecule has 2 aliphatic rings. The molecule has 0 aromatic carbocycles. The van der Waals surface area contributed by atoms with Crippen LogP contribution in [0.1, 0.15) is 65.7 Å². The highest BCUT2D eigenvalue weighted by molar-refractivity contribution is 4.92. The highest BCUT2D eigenvalue weighted by Gasteiger charge is 2.38. The lowest BCUT2D eigenvalue weighted by Gasteiger charge is -2.46. The van der Waals surface area contributed by atoms with Gasteiger partial charge in [-0.05, 0) is 45.1 Å².